The summed E-state index contributed by atoms with van der Waals surface area (Å²) in [6.45, 7) is 4.30. The maximum Gasteiger partial charge on any atom is 0.253 e. The molecule has 3 fully saturated rings. The molecule has 0 spiro atoms. The third-order valence-electron chi connectivity index (χ3n) is 8.43. The van der Waals surface area contributed by atoms with Crippen LogP contribution in [0.3, 0.4) is 0 Å². The van der Waals surface area contributed by atoms with Gasteiger partial charge in [0, 0.05) is 55.8 Å². The summed E-state index contributed by atoms with van der Waals surface area (Å²) in [4.78, 5) is 32.9. The van der Waals surface area contributed by atoms with Crippen molar-refractivity contribution in [3.05, 3.63) is 58.8 Å². The molecule has 2 amide bonds. The van der Waals surface area contributed by atoms with Gasteiger partial charge in [-0.25, -0.2) is 0 Å². The first-order valence-electron chi connectivity index (χ1n) is 12.5. The van der Waals surface area contributed by atoms with Crippen LogP contribution >= 0.6 is 0 Å². The summed E-state index contributed by atoms with van der Waals surface area (Å²) in [5, 5.41) is 0. The van der Waals surface area contributed by atoms with E-state index >= 15 is 0 Å². The van der Waals surface area contributed by atoms with Crippen LogP contribution in [-0.4, -0.2) is 58.7 Å². The van der Waals surface area contributed by atoms with Gasteiger partial charge in [0.05, 0.1) is 6.04 Å². The Labute approximate surface area is 190 Å². The van der Waals surface area contributed by atoms with Crippen molar-refractivity contribution in [2.75, 3.05) is 26.2 Å². The lowest BCUT2D eigenvalue weighted by Gasteiger charge is -2.33. The van der Waals surface area contributed by atoms with Crippen LogP contribution in [-0.2, 0) is 17.8 Å². The maximum absolute atomic E-state index is 13.3. The average Bonchev–Trinajstić information content (AvgIpc) is 3.39. The molecule has 0 N–H and O–H groups in total. The van der Waals surface area contributed by atoms with Gasteiger partial charge < -0.3 is 14.7 Å². The Morgan fingerprint density at radius 2 is 1.75 bits per heavy atom. The van der Waals surface area contributed by atoms with Crippen LogP contribution < -0.4 is 0 Å². The smallest absolute Gasteiger partial charge is 0.253 e. The lowest BCUT2D eigenvalue weighted by atomic mass is 9.87. The van der Waals surface area contributed by atoms with Crippen molar-refractivity contribution >= 4 is 11.8 Å². The molecule has 2 atom stereocenters. The molecule has 2 aliphatic carbocycles. The molecule has 1 aromatic carbocycles. The third-order valence-corrected chi connectivity index (χ3v) is 8.43. The minimum atomic E-state index is 0.168. The molecule has 5 aliphatic rings. The highest BCUT2D eigenvalue weighted by atomic mass is 16.2. The minimum absolute atomic E-state index is 0.168. The monoisotopic (exact) mass is 431 g/mol. The van der Waals surface area contributed by atoms with Crippen LogP contribution in [0.15, 0.2) is 42.1 Å². The van der Waals surface area contributed by atoms with E-state index < -0.39 is 0 Å². The number of carbonyl (C=O) groups excluding carboxylic acids is 2. The largest absolute Gasteiger partial charge is 0.366 e. The van der Waals surface area contributed by atoms with Crippen molar-refractivity contribution in [2.24, 2.45) is 11.8 Å². The number of nitrogens with zero attached hydrogens (tertiary/aromatic N) is 3. The first kappa shape index (κ1) is 20.1. The first-order chi connectivity index (χ1) is 15.7. The van der Waals surface area contributed by atoms with Crippen molar-refractivity contribution in [1.29, 1.82) is 0 Å². The zero-order valence-corrected chi connectivity index (χ0v) is 18.8. The van der Waals surface area contributed by atoms with Crippen LogP contribution in [0.25, 0.3) is 0 Å². The highest BCUT2D eigenvalue weighted by Gasteiger charge is 2.43. The second-order valence-corrected chi connectivity index (χ2v) is 10.3. The van der Waals surface area contributed by atoms with E-state index in [1.807, 2.05) is 6.07 Å². The molecule has 2 saturated heterocycles. The Kier molecular flexibility index (Phi) is 5.08. The van der Waals surface area contributed by atoms with Gasteiger partial charge in [-0.15, -0.1) is 0 Å². The standard InChI is InChI=1S/C27H33N3O2/c31-26(19-5-2-1-3-6-19)28-13-11-20-15-21(9-10-22(20)16-28)27(32)29-17-23-12-14-30(25(23)18-29)24-7-4-8-24/h4,7-10,15,19,23,25H,1-3,5-6,11-14,16-18H2. The third kappa shape index (κ3) is 3.46. The predicted molar refractivity (Wildman–Crippen MR) is 124 cm³/mol. The number of carbonyl (C=O) groups is 2. The van der Waals surface area contributed by atoms with Gasteiger partial charge in [0.1, 0.15) is 0 Å². The molecule has 3 heterocycles. The molecular weight excluding hydrogens is 398 g/mol. The quantitative estimate of drug-likeness (QED) is 0.732. The van der Waals surface area contributed by atoms with Crippen molar-refractivity contribution in [2.45, 2.75) is 57.5 Å². The van der Waals surface area contributed by atoms with Gasteiger partial charge >= 0.3 is 0 Å². The Morgan fingerprint density at radius 3 is 2.53 bits per heavy atom. The summed E-state index contributed by atoms with van der Waals surface area (Å²) in [5.74, 6) is 1.33. The average molecular weight is 432 g/mol. The van der Waals surface area contributed by atoms with Crippen molar-refractivity contribution in [1.82, 2.24) is 14.7 Å². The van der Waals surface area contributed by atoms with E-state index in [0.717, 1.165) is 51.0 Å². The lowest BCUT2D eigenvalue weighted by Crippen LogP contribution is -2.40. The van der Waals surface area contributed by atoms with E-state index in [1.54, 1.807) is 0 Å². The van der Waals surface area contributed by atoms with Crippen molar-refractivity contribution < 1.29 is 9.59 Å². The SMILES string of the molecule is O=C(c1ccc2c(c1)CCN(C(=O)C1CCCCC1)C2)N1CC2CCN(C3=CC=C3)C2C1. The minimum Gasteiger partial charge on any atom is -0.366 e. The zero-order chi connectivity index (χ0) is 21.7. The zero-order valence-electron chi connectivity index (χ0n) is 18.8. The van der Waals surface area contributed by atoms with Gasteiger partial charge in [-0.2, -0.15) is 0 Å². The Hall–Kier alpha value is -2.56. The fourth-order valence-electron chi connectivity index (χ4n) is 6.49. The van der Waals surface area contributed by atoms with Crippen LogP contribution in [0.4, 0.5) is 0 Å². The van der Waals surface area contributed by atoms with Crippen LogP contribution in [0, 0.1) is 11.8 Å². The predicted octanol–water partition coefficient (Wildman–Crippen LogP) is 3.75. The van der Waals surface area contributed by atoms with Gasteiger partial charge in [0.2, 0.25) is 5.91 Å². The molecule has 168 valence electrons. The summed E-state index contributed by atoms with van der Waals surface area (Å²) in [6.07, 6.45) is 14.2. The number of allylic oxidation sites excluding steroid dienone is 3. The number of likely N-dealkylation sites (tertiary alicyclic amines) is 2. The molecule has 0 aromatic heterocycles. The molecule has 1 saturated carbocycles. The molecular formula is C27H33N3O2. The van der Waals surface area contributed by atoms with E-state index in [2.05, 4.69) is 45.1 Å². The van der Waals surface area contributed by atoms with Gasteiger partial charge in [-0.05, 0) is 61.1 Å². The maximum atomic E-state index is 13.3. The summed E-state index contributed by atoms with van der Waals surface area (Å²) in [5.41, 5.74) is 4.59. The topological polar surface area (TPSA) is 43.9 Å². The highest BCUT2D eigenvalue weighted by molar-refractivity contribution is 5.95. The van der Waals surface area contributed by atoms with Gasteiger partial charge in [-0.1, -0.05) is 31.4 Å². The van der Waals surface area contributed by atoms with Gasteiger partial charge in [-0.3, -0.25) is 9.59 Å². The Bertz CT molecular complexity index is 991. The van der Waals surface area contributed by atoms with Crippen molar-refractivity contribution in [3.63, 3.8) is 0 Å². The van der Waals surface area contributed by atoms with E-state index in [0.29, 0.717) is 24.4 Å². The number of amides is 2. The molecule has 6 rings (SSSR count). The van der Waals surface area contributed by atoms with E-state index in [1.165, 1.54) is 42.5 Å². The normalized spacial score (nSPS) is 27.1. The summed E-state index contributed by atoms with van der Waals surface area (Å²) >= 11 is 0. The van der Waals surface area contributed by atoms with Crippen LogP contribution in [0.1, 0.15) is 60.0 Å². The number of rotatable bonds is 3. The van der Waals surface area contributed by atoms with E-state index in [-0.39, 0.29) is 11.8 Å². The molecule has 1 aromatic rings. The summed E-state index contributed by atoms with van der Waals surface area (Å²) < 4.78 is 0. The molecule has 5 nitrogen and oxygen atoms in total. The fourth-order valence-corrected chi connectivity index (χ4v) is 6.49. The number of hydrogen-bond donors (Lipinski definition) is 0. The lowest BCUT2D eigenvalue weighted by molar-refractivity contribution is -0.137. The van der Waals surface area contributed by atoms with Gasteiger partial charge in [0.15, 0.2) is 0 Å². The molecule has 0 radical (unpaired) electrons. The number of hydrogen-bond acceptors (Lipinski definition) is 3. The number of fused-ring (bicyclic) bond motifs is 2. The summed E-state index contributed by atoms with van der Waals surface area (Å²) in [6, 6.07) is 6.64. The van der Waals surface area contributed by atoms with Gasteiger partial charge in [0.25, 0.3) is 5.91 Å². The van der Waals surface area contributed by atoms with Crippen LogP contribution in [0.2, 0.25) is 0 Å². The molecule has 32 heavy (non-hydrogen) atoms. The Morgan fingerprint density at radius 1 is 0.906 bits per heavy atom. The molecule has 2 unspecified atom stereocenters. The van der Waals surface area contributed by atoms with E-state index in [4.69, 9.17) is 0 Å². The second-order valence-electron chi connectivity index (χ2n) is 10.3. The molecule has 0 bridgehead atoms. The first-order valence-corrected chi connectivity index (χ1v) is 12.5. The summed E-state index contributed by atoms with van der Waals surface area (Å²) in [7, 11) is 0. The molecule has 5 heteroatoms. The second kappa shape index (κ2) is 8.09. The van der Waals surface area contributed by atoms with Crippen LogP contribution in [0.5, 0.6) is 0 Å². The number of benzene rings is 1. The fraction of sp³-hybridized carbons (Fsp3) is 0.556. The highest BCUT2D eigenvalue weighted by Crippen LogP contribution is 2.36. The molecule has 3 aliphatic heterocycles. The Balaban J connectivity index is 1.12. The van der Waals surface area contributed by atoms with Crippen molar-refractivity contribution in [3.8, 4) is 0 Å². The van der Waals surface area contributed by atoms with E-state index in [9.17, 15) is 9.59 Å².